The Bertz CT molecular complexity index is 153. The second-order valence-corrected chi connectivity index (χ2v) is 3.32. The Morgan fingerprint density at radius 1 is 1.58 bits per heavy atom. The maximum absolute atomic E-state index is 10.8. The van der Waals surface area contributed by atoms with Crippen LogP contribution in [0, 0.1) is 18.8 Å². The first kappa shape index (κ1) is 9.52. The van der Waals surface area contributed by atoms with Gasteiger partial charge in [0, 0.05) is 0 Å². The van der Waals surface area contributed by atoms with Crippen LogP contribution in [0.15, 0.2) is 0 Å². The molecule has 69 valence electrons. The summed E-state index contributed by atoms with van der Waals surface area (Å²) in [5.41, 5.74) is 0. The standard InChI is InChI=1S/C9H16NO2/c1-2-8(9(11)12)7-3-5-10-6-4-7/h7-8,10H,1-6H2,(H,11,12). The predicted octanol–water partition coefficient (Wildman–Crippen LogP) is 0.911. The summed E-state index contributed by atoms with van der Waals surface area (Å²) in [7, 11) is 0. The fraction of sp³-hybridized carbons (Fsp3) is 0.778. The van der Waals surface area contributed by atoms with Crippen molar-refractivity contribution in [2.45, 2.75) is 19.3 Å². The van der Waals surface area contributed by atoms with Crippen molar-refractivity contribution in [2.75, 3.05) is 13.1 Å². The SMILES string of the molecule is [CH2]CC(C(=O)O)C1CCNCC1. The molecule has 0 aliphatic carbocycles. The second kappa shape index (κ2) is 4.45. The lowest BCUT2D eigenvalue weighted by atomic mass is 9.83. The van der Waals surface area contributed by atoms with Crippen LogP contribution in [0.3, 0.4) is 0 Å². The van der Waals surface area contributed by atoms with Gasteiger partial charge in [-0.25, -0.2) is 0 Å². The van der Waals surface area contributed by atoms with Gasteiger partial charge in [0.15, 0.2) is 0 Å². The van der Waals surface area contributed by atoms with Gasteiger partial charge in [-0.15, -0.1) is 0 Å². The molecular formula is C9H16NO2. The van der Waals surface area contributed by atoms with E-state index in [-0.39, 0.29) is 5.92 Å². The highest BCUT2D eigenvalue weighted by Crippen LogP contribution is 2.24. The summed E-state index contributed by atoms with van der Waals surface area (Å²) >= 11 is 0. The summed E-state index contributed by atoms with van der Waals surface area (Å²) in [6.07, 6.45) is 2.47. The second-order valence-electron chi connectivity index (χ2n) is 3.32. The van der Waals surface area contributed by atoms with Crippen LogP contribution in [0.2, 0.25) is 0 Å². The number of nitrogens with one attached hydrogen (secondary N) is 1. The Morgan fingerprint density at radius 2 is 2.17 bits per heavy atom. The number of hydrogen-bond donors (Lipinski definition) is 2. The van der Waals surface area contributed by atoms with Crippen molar-refractivity contribution in [3.8, 4) is 0 Å². The number of carboxylic acids is 1. The normalized spacial score (nSPS) is 22.1. The lowest BCUT2D eigenvalue weighted by Gasteiger charge is -2.27. The summed E-state index contributed by atoms with van der Waals surface area (Å²) in [6, 6.07) is 0. The van der Waals surface area contributed by atoms with Crippen LogP contribution in [-0.2, 0) is 4.79 Å². The van der Waals surface area contributed by atoms with Gasteiger partial charge in [-0.3, -0.25) is 4.79 Å². The minimum atomic E-state index is -0.683. The van der Waals surface area contributed by atoms with Crippen LogP contribution in [0.1, 0.15) is 19.3 Å². The molecule has 1 rings (SSSR count). The molecule has 1 atom stereocenters. The zero-order valence-corrected chi connectivity index (χ0v) is 7.25. The number of aliphatic carboxylic acids is 1. The zero-order chi connectivity index (χ0) is 8.97. The molecule has 1 aliphatic heterocycles. The van der Waals surface area contributed by atoms with Gasteiger partial charge in [0.1, 0.15) is 0 Å². The quantitative estimate of drug-likeness (QED) is 0.662. The van der Waals surface area contributed by atoms with Crippen molar-refractivity contribution < 1.29 is 9.90 Å². The van der Waals surface area contributed by atoms with Crippen molar-refractivity contribution in [1.29, 1.82) is 0 Å². The van der Waals surface area contributed by atoms with Gasteiger partial charge in [-0.2, -0.15) is 0 Å². The molecule has 0 aromatic carbocycles. The molecule has 0 bridgehead atoms. The molecule has 3 heteroatoms. The molecular weight excluding hydrogens is 154 g/mol. The topological polar surface area (TPSA) is 49.3 Å². The van der Waals surface area contributed by atoms with Crippen LogP contribution >= 0.6 is 0 Å². The summed E-state index contributed by atoms with van der Waals surface area (Å²) in [4.78, 5) is 10.8. The number of carbonyl (C=O) groups is 1. The van der Waals surface area contributed by atoms with E-state index in [1.807, 2.05) is 0 Å². The molecule has 3 nitrogen and oxygen atoms in total. The van der Waals surface area contributed by atoms with E-state index in [9.17, 15) is 4.79 Å². The van der Waals surface area contributed by atoms with Crippen molar-refractivity contribution in [1.82, 2.24) is 5.32 Å². The summed E-state index contributed by atoms with van der Waals surface area (Å²) in [6.45, 7) is 5.59. The summed E-state index contributed by atoms with van der Waals surface area (Å²) < 4.78 is 0. The fourth-order valence-corrected chi connectivity index (χ4v) is 1.81. The Hall–Kier alpha value is -0.570. The van der Waals surface area contributed by atoms with E-state index >= 15 is 0 Å². The molecule has 1 fully saturated rings. The van der Waals surface area contributed by atoms with Crippen molar-refractivity contribution in [2.24, 2.45) is 11.8 Å². The first-order valence-electron chi connectivity index (χ1n) is 4.48. The summed E-state index contributed by atoms with van der Waals surface area (Å²) in [5, 5.41) is 12.1. The first-order chi connectivity index (χ1) is 5.75. The maximum atomic E-state index is 10.8. The Labute approximate surface area is 73.2 Å². The molecule has 1 saturated heterocycles. The van der Waals surface area contributed by atoms with Gasteiger partial charge in [-0.1, -0.05) is 6.92 Å². The Kier molecular flexibility index (Phi) is 3.53. The zero-order valence-electron chi connectivity index (χ0n) is 7.25. The van der Waals surface area contributed by atoms with E-state index < -0.39 is 5.97 Å². The highest BCUT2D eigenvalue weighted by Gasteiger charge is 2.27. The van der Waals surface area contributed by atoms with Gasteiger partial charge in [-0.05, 0) is 38.3 Å². The lowest BCUT2D eigenvalue weighted by Crippen LogP contribution is -2.34. The van der Waals surface area contributed by atoms with Crippen LogP contribution in [0.25, 0.3) is 0 Å². The predicted molar refractivity (Wildman–Crippen MR) is 46.7 cm³/mol. The summed E-state index contributed by atoms with van der Waals surface area (Å²) in [5.74, 6) is -0.578. The highest BCUT2D eigenvalue weighted by molar-refractivity contribution is 5.70. The van der Waals surface area contributed by atoms with Gasteiger partial charge in [0.25, 0.3) is 0 Å². The van der Waals surface area contributed by atoms with Gasteiger partial charge in [0.2, 0.25) is 0 Å². The number of piperidine rings is 1. The Balaban J connectivity index is 2.46. The maximum Gasteiger partial charge on any atom is 0.306 e. The van der Waals surface area contributed by atoms with Crippen molar-refractivity contribution in [3.63, 3.8) is 0 Å². The van der Waals surface area contributed by atoms with Crippen LogP contribution < -0.4 is 5.32 Å². The van der Waals surface area contributed by atoms with Gasteiger partial charge in [0.05, 0.1) is 5.92 Å². The van der Waals surface area contributed by atoms with Crippen molar-refractivity contribution in [3.05, 3.63) is 6.92 Å². The monoisotopic (exact) mass is 170 g/mol. The molecule has 2 N–H and O–H groups in total. The first-order valence-corrected chi connectivity index (χ1v) is 4.48. The van der Waals surface area contributed by atoms with E-state index in [0.717, 1.165) is 25.9 Å². The fourth-order valence-electron chi connectivity index (χ4n) is 1.81. The minimum absolute atomic E-state index is 0.230. The van der Waals surface area contributed by atoms with Gasteiger partial charge < -0.3 is 10.4 Å². The molecule has 0 spiro atoms. The van der Waals surface area contributed by atoms with Crippen molar-refractivity contribution >= 4 is 5.97 Å². The average molecular weight is 170 g/mol. The molecule has 0 amide bonds. The highest BCUT2D eigenvalue weighted by atomic mass is 16.4. The molecule has 1 radical (unpaired) electrons. The van der Waals surface area contributed by atoms with Crippen LogP contribution in [0.5, 0.6) is 0 Å². The molecule has 0 saturated carbocycles. The van der Waals surface area contributed by atoms with E-state index in [4.69, 9.17) is 5.11 Å². The van der Waals surface area contributed by atoms with E-state index in [2.05, 4.69) is 12.2 Å². The van der Waals surface area contributed by atoms with E-state index in [1.165, 1.54) is 0 Å². The van der Waals surface area contributed by atoms with Crippen LogP contribution in [-0.4, -0.2) is 24.2 Å². The number of hydrogen-bond acceptors (Lipinski definition) is 2. The molecule has 1 unspecified atom stereocenters. The molecule has 0 aromatic heterocycles. The Morgan fingerprint density at radius 3 is 2.58 bits per heavy atom. The number of rotatable bonds is 3. The third kappa shape index (κ3) is 2.21. The van der Waals surface area contributed by atoms with E-state index in [0.29, 0.717) is 12.3 Å². The largest absolute Gasteiger partial charge is 0.481 e. The number of carboxylic acid groups (broad SMARTS) is 1. The van der Waals surface area contributed by atoms with E-state index in [1.54, 1.807) is 0 Å². The van der Waals surface area contributed by atoms with Gasteiger partial charge >= 0.3 is 5.97 Å². The third-order valence-corrected chi connectivity index (χ3v) is 2.58. The lowest BCUT2D eigenvalue weighted by molar-refractivity contribution is -0.143. The molecule has 1 heterocycles. The smallest absolute Gasteiger partial charge is 0.306 e. The average Bonchev–Trinajstić information content (AvgIpc) is 2.07. The molecule has 1 aliphatic rings. The molecule has 12 heavy (non-hydrogen) atoms. The third-order valence-electron chi connectivity index (χ3n) is 2.58. The minimum Gasteiger partial charge on any atom is -0.481 e. The molecule has 0 aromatic rings. The van der Waals surface area contributed by atoms with Crippen LogP contribution in [0.4, 0.5) is 0 Å².